The number of carbonyl (C=O) groups is 3. The Labute approximate surface area is 222 Å². The lowest BCUT2D eigenvalue weighted by atomic mass is 9.67. The fourth-order valence-corrected chi connectivity index (χ4v) is 5.37. The van der Waals surface area contributed by atoms with Crippen molar-refractivity contribution < 1.29 is 23.2 Å². The van der Waals surface area contributed by atoms with E-state index in [-0.39, 0.29) is 48.2 Å². The molecular weight excluding hydrogens is 486 g/mol. The van der Waals surface area contributed by atoms with Gasteiger partial charge in [0.05, 0.1) is 6.54 Å². The van der Waals surface area contributed by atoms with Gasteiger partial charge >= 0.3 is 0 Å². The summed E-state index contributed by atoms with van der Waals surface area (Å²) in [7, 11) is 3.30. The van der Waals surface area contributed by atoms with Crippen LogP contribution in [-0.2, 0) is 4.79 Å². The molecule has 4 rings (SSSR count). The molecule has 1 aliphatic rings. The molecule has 0 bridgehead atoms. The van der Waals surface area contributed by atoms with Gasteiger partial charge in [0.15, 0.2) is 11.6 Å². The maximum absolute atomic E-state index is 14.1. The van der Waals surface area contributed by atoms with Crippen LogP contribution in [0.15, 0.2) is 66.7 Å². The van der Waals surface area contributed by atoms with Crippen LogP contribution in [0.4, 0.5) is 8.78 Å². The molecule has 3 aromatic rings. The lowest BCUT2D eigenvalue weighted by Gasteiger charge is -2.43. The summed E-state index contributed by atoms with van der Waals surface area (Å²) in [6.07, 6.45) is 0. The molecule has 0 N–H and O–H groups in total. The smallest absolute Gasteiger partial charge is 0.236 e. The molecule has 2 atom stereocenters. The fraction of sp³-hybridized carbons (Fsp3) is 0.323. The number of Topliss-reactive ketones (excluding diaryl/α,β-unsaturated/α-hetero) is 2. The zero-order valence-electron chi connectivity index (χ0n) is 22.1. The van der Waals surface area contributed by atoms with Crippen molar-refractivity contribution in [3.63, 3.8) is 0 Å². The fourth-order valence-electron chi connectivity index (χ4n) is 5.37. The molecule has 0 aromatic heterocycles. The van der Waals surface area contributed by atoms with E-state index in [1.54, 1.807) is 26.2 Å². The normalized spacial score (nSPS) is 18.3. The molecule has 0 aliphatic carbocycles. The van der Waals surface area contributed by atoms with Crippen molar-refractivity contribution in [2.75, 3.05) is 33.7 Å². The summed E-state index contributed by atoms with van der Waals surface area (Å²) in [6, 6.07) is 16.9. The number of ketones is 2. The average Bonchev–Trinajstić information content (AvgIpc) is 2.89. The summed E-state index contributed by atoms with van der Waals surface area (Å²) >= 11 is 0. The van der Waals surface area contributed by atoms with Gasteiger partial charge in [-0.2, -0.15) is 0 Å². The minimum absolute atomic E-state index is 0.0202. The van der Waals surface area contributed by atoms with Gasteiger partial charge in [0.25, 0.3) is 0 Å². The molecule has 3 aromatic carbocycles. The van der Waals surface area contributed by atoms with Crippen molar-refractivity contribution in [2.24, 2.45) is 11.8 Å². The van der Waals surface area contributed by atoms with E-state index in [4.69, 9.17) is 0 Å². The first-order valence-electron chi connectivity index (χ1n) is 12.6. The summed E-state index contributed by atoms with van der Waals surface area (Å²) in [5, 5.41) is 0. The van der Waals surface area contributed by atoms with Gasteiger partial charge in [-0.1, -0.05) is 42.5 Å². The molecule has 1 saturated heterocycles. The van der Waals surface area contributed by atoms with E-state index < -0.39 is 29.4 Å². The molecule has 1 fully saturated rings. The number of rotatable bonds is 7. The van der Waals surface area contributed by atoms with Crippen LogP contribution in [0, 0.1) is 37.3 Å². The Morgan fingerprint density at radius 2 is 1.32 bits per heavy atom. The third-order valence-electron chi connectivity index (χ3n) is 7.53. The van der Waals surface area contributed by atoms with Crippen molar-refractivity contribution in [3.05, 3.63) is 106 Å². The Kier molecular flexibility index (Phi) is 8.17. The van der Waals surface area contributed by atoms with Gasteiger partial charge in [0.1, 0.15) is 11.6 Å². The van der Waals surface area contributed by atoms with E-state index in [2.05, 4.69) is 0 Å². The van der Waals surface area contributed by atoms with Crippen molar-refractivity contribution >= 4 is 17.5 Å². The monoisotopic (exact) mass is 518 g/mol. The molecule has 198 valence electrons. The molecule has 7 heteroatoms. The Morgan fingerprint density at radius 1 is 0.816 bits per heavy atom. The summed E-state index contributed by atoms with van der Waals surface area (Å²) in [4.78, 5) is 43.9. The Morgan fingerprint density at radius 3 is 1.79 bits per heavy atom. The van der Waals surface area contributed by atoms with E-state index in [0.717, 1.165) is 16.7 Å². The highest BCUT2D eigenvalue weighted by Crippen LogP contribution is 2.42. The van der Waals surface area contributed by atoms with Gasteiger partial charge in [-0.25, -0.2) is 8.78 Å². The molecule has 1 heterocycles. The Bertz CT molecular complexity index is 1300. The van der Waals surface area contributed by atoms with Crippen LogP contribution in [0.3, 0.4) is 0 Å². The Hall–Kier alpha value is -3.71. The summed E-state index contributed by atoms with van der Waals surface area (Å²) in [5.74, 6) is -3.82. The maximum atomic E-state index is 14.1. The number of likely N-dealkylation sites (N-methyl/N-ethyl adjacent to an activating group) is 1. The number of nitrogens with zero attached hydrogens (tertiary/aromatic N) is 2. The maximum Gasteiger partial charge on any atom is 0.236 e. The molecule has 0 saturated carbocycles. The van der Waals surface area contributed by atoms with Gasteiger partial charge in [0, 0.05) is 56.1 Å². The predicted octanol–water partition coefficient (Wildman–Crippen LogP) is 5.07. The second-order valence-electron chi connectivity index (χ2n) is 10.3. The van der Waals surface area contributed by atoms with E-state index >= 15 is 0 Å². The SMILES string of the molecule is Cc1cccc(C2[C@@H](C(=O)c3cccc(F)c3)CN(CC(=O)N(C)C)C[C@@H]2C(=O)c2cccc(F)c2)c1C. The number of benzene rings is 3. The number of likely N-dealkylation sites (tertiary alicyclic amines) is 1. The van der Waals surface area contributed by atoms with Gasteiger partial charge in [-0.3, -0.25) is 19.3 Å². The van der Waals surface area contributed by atoms with Crippen LogP contribution in [0.5, 0.6) is 0 Å². The number of hydrogen-bond acceptors (Lipinski definition) is 4. The van der Waals surface area contributed by atoms with Crippen LogP contribution < -0.4 is 0 Å². The largest absolute Gasteiger partial charge is 0.348 e. The van der Waals surface area contributed by atoms with E-state index in [1.165, 1.54) is 41.3 Å². The zero-order valence-corrected chi connectivity index (χ0v) is 22.1. The molecule has 0 unspecified atom stereocenters. The van der Waals surface area contributed by atoms with Gasteiger partial charge in [-0.15, -0.1) is 0 Å². The standard InChI is InChI=1S/C31H32F2N2O3/c1-19-8-5-13-25(20(19)2)29-26(30(37)21-9-6-11-23(32)14-21)16-35(18-28(36)34(3)4)17-27(29)31(38)22-10-7-12-24(33)15-22/h5-15,26-27,29H,16-18H2,1-4H3/t26-,27-/m0/s1. The minimum Gasteiger partial charge on any atom is -0.348 e. The lowest BCUT2D eigenvalue weighted by molar-refractivity contribution is -0.130. The molecule has 5 nitrogen and oxygen atoms in total. The molecule has 1 amide bonds. The second kappa shape index (κ2) is 11.4. The van der Waals surface area contributed by atoms with Crippen molar-refractivity contribution in [2.45, 2.75) is 19.8 Å². The summed E-state index contributed by atoms with van der Waals surface area (Å²) in [6.45, 7) is 4.39. The molecular formula is C31H32F2N2O3. The first kappa shape index (κ1) is 27.3. The van der Waals surface area contributed by atoms with Gasteiger partial charge < -0.3 is 4.90 Å². The predicted molar refractivity (Wildman–Crippen MR) is 142 cm³/mol. The highest BCUT2D eigenvalue weighted by Gasteiger charge is 2.45. The average molecular weight is 519 g/mol. The third kappa shape index (κ3) is 5.73. The van der Waals surface area contributed by atoms with E-state index in [9.17, 15) is 23.2 Å². The zero-order chi connectivity index (χ0) is 27.6. The highest BCUT2D eigenvalue weighted by atomic mass is 19.1. The highest BCUT2D eigenvalue weighted by molar-refractivity contribution is 6.02. The van der Waals surface area contributed by atoms with Crippen LogP contribution >= 0.6 is 0 Å². The number of amides is 1. The summed E-state index contributed by atoms with van der Waals surface area (Å²) in [5.41, 5.74) is 3.25. The van der Waals surface area contributed by atoms with Crippen molar-refractivity contribution in [1.29, 1.82) is 0 Å². The first-order valence-corrected chi connectivity index (χ1v) is 12.6. The van der Waals surface area contributed by atoms with E-state index in [1.807, 2.05) is 36.9 Å². The number of hydrogen-bond donors (Lipinski definition) is 0. The number of halogens is 2. The second-order valence-corrected chi connectivity index (χ2v) is 10.3. The van der Waals surface area contributed by atoms with Gasteiger partial charge in [-0.05, 0) is 54.8 Å². The van der Waals surface area contributed by atoms with E-state index in [0.29, 0.717) is 0 Å². The Balaban J connectivity index is 1.87. The topological polar surface area (TPSA) is 57.7 Å². The third-order valence-corrected chi connectivity index (χ3v) is 7.53. The number of aryl methyl sites for hydroxylation is 1. The van der Waals surface area contributed by atoms with Crippen molar-refractivity contribution in [1.82, 2.24) is 9.80 Å². The van der Waals surface area contributed by atoms with Gasteiger partial charge in [0.2, 0.25) is 5.91 Å². The number of carbonyl (C=O) groups excluding carboxylic acids is 3. The molecule has 0 spiro atoms. The van der Waals surface area contributed by atoms with Crippen LogP contribution in [-0.4, -0.2) is 61.0 Å². The molecule has 38 heavy (non-hydrogen) atoms. The first-order chi connectivity index (χ1) is 18.1. The number of piperidine rings is 1. The summed E-state index contributed by atoms with van der Waals surface area (Å²) < 4.78 is 28.3. The minimum atomic E-state index is -0.733. The van der Waals surface area contributed by atoms with Crippen LogP contribution in [0.2, 0.25) is 0 Å². The van der Waals surface area contributed by atoms with Crippen molar-refractivity contribution in [3.8, 4) is 0 Å². The molecule has 1 aliphatic heterocycles. The quantitative estimate of drug-likeness (QED) is 0.410. The van der Waals surface area contributed by atoms with Crippen LogP contribution in [0.1, 0.15) is 43.3 Å². The van der Waals surface area contributed by atoms with Crippen LogP contribution in [0.25, 0.3) is 0 Å². The lowest BCUT2D eigenvalue weighted by Crippen LogP contribution is -2.52. The molecule has 0 radical (unpaired) electrons.